The summed E-state index contributed by atoms with van der Waals surface area (Å²) in [6, 6.07) is 21.5. The van der Waals surface area contributed by atoms with Crippen LogP contribution in [0.4, 0.5) is 19.0 Å². The number of nitrogens with zero attached hydrogens (tertiary/aromatic N) is 2. The van der Waals surface area contributed by atoms with E-state index in [0.29, 0.717) is 10.6 Å². The number of hydrogen-bond acceptors (Lipinski definition) is 3. The number of nitrogens with one attached hydrogen (secondary N) is 2. The van der Waals surface area contributed by atoms with Crippen LogP contribution in [0.5, 0.6) is 0 Å². The van der Waals surface area contributed by atoms with Crippen molar-refractivity contribution in [1.29, 1.82) is 0 Å². The summed E-state index contributed by atoms with van der Waals surface area (Å²) in [5, 5.41) is 10.5. The number of halogens is 4. The summed E-state index contributed by atoms with van der Waals surface area (Å²) in [7, 11) is 0. The minimum absolute atomic E-state index is 0.0593. The zero-order valence-corrected chi connectivity index (χ0v) is 19.7. The maximum Gasteiger partial charge on any atom is 0.410 e. The summed E-state index contributed by atoms with van der Waals surface area (Å²) in [5.41, 5.74) is 3.46. The van der Waals surface area contributed by atoms with Gasteiger partial charge in [-0.05, 0) is 22.8 Å². The second-order valence-corrected chi connectivity index (χ2v) is 9.02. The number of amides is 1. The van der Waals surface area contributed by atoms with Gasteiger partial charge in [0.15, 0.2) is 6.04 Å². The van der Waals surface area contributed by atoms with Crippen molar-refractivity contribution in [3.63, 3.8) is 0 Å². The van der Waals surface area contributed by atoms with Crippen LogP contribution in [0, 0.1) is 0 Å². The van der Waals surface area contributed by atoms with Gasteiger partial charge in [-0.25, -0.2) is 4.68 Å². The average molecular weight is 511 g/mol. The summed E-state index contributed by atoms with van der Waals surface area (Å²) < 4.78 is 42.5. The van der Waals surface area contributed by atoms with Gasteiger partial charge in [0.05, 0.1) is 12.2 Å². The number of fused-ring (bicyclic) bond motifs is 1. The van der Waals surface area contributed by atoms with E-state index in [4.69, 9.17) is 11.6 Å². The van der Waals surface area contributed by atoms with E-state index in [2.05, 4.69) is 15.7 Å². The van der Waals surface area contributed by atoms with Crippen molar-refractivity contribution in [2.45, 2.75) is 31.2 Å². The molecule has 0 fully saturated rings. The molecule has 0 spiro atoms. The number of rotatable bonds is 5. The van der Waals surface area contributed by atoms with Gasteiger partial charge in [-0.1, -0.05) is 84.4 Å². The third kappa shape index (κ3) is 4.81. The lowest BCUT2D eigenvalue weighted by Gasteiger charge is -2.34. The third-order valence-corrected chi connectivity index (χ3v) is 6.61. The molecule has 36 heavy (non-hydrogen) atoms. The number of hydrogen-bond donors (Lipinski definition) is 2. The first-order valence-electron chi connectivity index (χ1n) is 11.4. The topological polar surface area (TPSA) is 59.0 Å². The fourth-order valence-electron chi connectivity index (χ4n) is 4.41. The van der Waals surface area contributed by atoms with Crippen molar-refractivity contribution in [3.05, 3.63) is 107 Å². The van der Waals surface area contributed by atoms with E-state index < -0.39 is 24.2 Å². The Bertz CT molecular complexity index is 1370. The Balaban J connectivity index is 1.34. The molecule has 1 aliphatic rings. The smallest absolute Gasteiger partial charge is 0.363 e. The summed E-state index contributed by atoms with van der Waals surface area (Å²) in [6.45, 7) is 0.205. The Morgan fingerprint density at radius 2 is 1.72 bits per heavy atom. The lowest BCUT2D eigenvalue weighted by atomic mass is 9.96. The molecule has 0 saturated heterocycles. The zero-order valence-electron chi connectivity index (χ0n) is 19.0. The van der Waals surface area contributed by atoms with Crippen LogP contribution in [-0.4, -0.2) is 21.9 Å². The normalized spacial score (nSPS) is 17.2. The van der Waals surface area contributed by atoms with Crippen molar-refractivity contribution in [3.8, 4) is 11.1 Å². The molecule has 1 aromatic heterocycles. The van der Waals surface area contributed by atoms with Gasteiger partial charge in [0.2, 0.25) is 0 Å². The Hall–Kier alpha value is -3.78. The Morgan fingerprint density at radius 3 is 2.42 bits per heavy atom. The van der Waals surface area contributed by atoms with Crippen molar-refractivity contribution in [2.75, 3.05) is 5.32 Å². The highest BCUT2D eigenvalue weighted by atomic mass is 35.5. The molecule has 5 nitrogen and oxygen atoms in total. The van der Waals surface area contributed by atoms with E-state index in [9.17, 15) is 18.0 Å². The maximum absolute atomic E-state index is 13.9. The Morgan fingerprint density at radius 1 is 1.03 bits per heavy atom. The molecule has 0 bridgehead atoms. The van der Waals surface area contributed by atoms with E-state index in [1.54, 1.807) is 30.3 Å². The molecule has 1 amide bonds. The number of benzene rings is 3. The van der Waals surface area contributed by atoms with Gasteiger partial charge in [-0.2, -0.15) is 18.3 Å². The van der Waals surface area contributed by atoms with Crippen molar-refractivity contribution >= 4 is 23.3 Å². The van der Waals surface area contributed by atoms with Gasteiger partial charge in [0.1, 0.15) is 11.4 Å². The monoisotopic (exact) mass is 510 g/mol. The second-order valence-electron chi connectivity index (χ2n) is 8.61. The highest BCUT2D eigenvalue weighted by molar-refractivity contribution is 6.33. The molecule has 2 atom stereocenters. The second kappa shape index (κ2) is 9.70. The minimum Gasteiger partial charge on any atom is -0.363 e. The molecule has 2 heterocycles. The van der Waals surface area contributed by atoms with Crippen LogP contribution in [0.25, 0.3) is 11.1 Å². The number of aromatic nitrogens is 2. The SMILES string of the molecule is O=C(NCc1ccc(-c2ccccc2Cl)cc1)c1cnn2c1NC(c1ccccc1)CC2C(F)(F)F. The zero-order chi connectivity index (χ0) is 25.3. The molecule has 2 N–H and O–H groups in total. The van der Waals surface area contributed by atoms with Gasteiger partial charge < -0.3 is 10.6 Å². The van der Waals surface area contributed by atoms with Gasteiger partial charge in [-0.15, -0.1) is 0 Å². The Labute approximate surface area is 210 Å². The first-order chi connectivity index (χ1) is 17.3. The van der Waals surface area contributed by atoms with Crippen LogP contribution in [0.2, 0.25) is 5.02 Å². The fraction of sp³-hybridized carbons (Fsp3) is 0.185. The van der Waals surface area contributed by atoms with E-state index >= 15 is 0 Å². The van der Waals surface area contributed by atoms with Crippen molar-refractivity contribution in [2.24, 2.45) is 0 Å². The van der Waals surface area contributed by atoms with Gasteiger partial charge in [0.25, 0.3) is 5.91 Å². The van der Waals surface area contributed by atoms with Crippen LogP contribution < -0.4 is 10.6 Å². The number of carbonyl (C=O) groups is 1. The number of anilines is 1. The van der Waals surface area contributed by atoms with Gasteiger partial charge >= 0.3 is 6.18 Å². The summed E-state index contributed by atoms with van der Waals surface area (Å²) >= 11 is 6.26. The molecule has 3 aromatic carbocycles. The fourth-order valence-corrected chi connectivity index (χ4v) is 4.65. The van der Waals surface area contributed by atoms with Crippen LogP contribution in [0.3, 0.4) is 0 Å². The van der Waals surface area contributed by atoms with Gasteiger partial charge in [-0.3, -0.25) is 4.79 Å². The van der Waals surface area contributed by atoms with Crippen LogP contribution in [0.1, 0.15) is 40.0 Å². The number of alkyl halides is 3. The summed E-state index contributed by atoms with van der Waals surface area (Å²) in [5.74, 6) is -0.447. The third-order valence-electron chi connectivity index (χ3n) is 6.28. The lowest BCUT2D eigenvalue weighted by Crippen LogP contribution is -2.36. The van der Waals surface area contributed by atoms with E-state index in [0.717, 1.165) is 21.4 Å². The maximum atomic E-state index is 13.9. The van der Waals surface area contributed by atoms with E-state index in [1.165, 1.54) is 6.20 Å². The summed E-state index contributed by atoms with van der Waals surface area (Å²) in [6.07, 6.45) is -3.54. The molecule has 5 rings (SSSR count). The van der Waals surface area contributed by atoms with Crippen LogP contribution in [0.15, 0.2) is 85.1 Å². The first-order valence-corrected chi connectivity index (χ1v) is 11.8. The van der Waals surface area contributed by atoms with E-state index in [1.807, 2.05) is 48.5 Å². The molecule has 9 heteroatoms. The van der Waals surface area contributed by atoms with Crippen LogP contribution >= 0.6 is 11.6 Å². The molecule has 2 unspecified atom stereocenters. The van der Waals surface area contributed by atoms with E-state index in [-0.39, 0.29) is 24.3 Å². The molecular weight excluding hydrogens is 489 g/mol. The molecule has 0 aliphatic carbocycles. The lowest BCUT2D eigenvalue weighted by molar-refractivity contribution is -0.173. The molecule has 0 radical (unpaired) electrons. The highest BCUT2D eigenvalue weighted by Crippen LogP contribution is 2.44. The predicted octanol–water partition coefficient (Wildman–Crippen LogP) is 6.79. The Kier molecular flexibility index (Phi) is 6.45. The van der Waals surface area contributed by atoms with Crippen LogP contribution in [-0.2, 0) is 6.54 Å². The number of carbonyl (C=O) groups excluding carboxylic acids is 1. The average Bonchev–Trinajstić information content (AvgIpc) is 3.31. The van der Waals surface area contributed by atoms with Gasteiger partial charge in [0, 0.05) is 23.6 Å². The van der Waals surface area contributed by atoms with Crippen molar-refractivity contribution in [1.82, 2.24) is 15.1 Å². The largest absolute Gasteiger partial charge is 0.410 e. The standard InChI is InChI=1S/C27H22ClF3N4O/c28-22-9-5-4-8-20(22)18-12-10-17(11-13-18)15-32-26(36)21-16-33-35-24(27(29,30)31)14-23(34-25(21)35)19-6-2-1-3-7-19/h1-13,16,23-24,34H,14-15H2,(H,32,36). The molecule has 1 aliphatic heterocycles. The minimum atomic E-state index is -4.51. The first kappa shape index (κ1) is 23.9. The molecule has 0 saturated carbocycles. The summed E-state index contributed by atoms with van der Waals surface area (Å²) in [4.78, 5) is 13.0. The van der Waals surface area contributed by atoms with Crippen molar-refractivity contribution < 1.29 is 18.0 Å². The molecule has 184 valence electrons. The molecule has 4 aromatic rings. The highest BCUT2D eigenvalue weighted by Gasteiger charge is 2.47. The predicted molar refractivity (Wildman–Crippen MR) is 133 cm³/mol. The molecular formula is C27H22ClF3N4O. The quantitative estimate of drug-likeness (QED) is 0.310.